The van der Waals surface area contributed by atoms with Gasteiger partial charge in [-0.15, -0.1) is 0 Å². The average Bonchev–Trinajstić information content (AvgIpc) is 2.96. The summed E-state index contributed by atoms with van der Waals surface area (Å²) >= 11 is 0. The fraction of sp³-hybridized carbons (Fsp3) is 0.118. The highest BCUT2D eigenvalue weighted by molar-refractivity contribution is 6.00. The maximum atomic E-state index is 12.1. The van der Waals surface area contributed by atoms with Gasteiger partial charge in [-0.1, -0.05) is 29.4 Å². The summed E-state index contributed by atoms with van der Waals surface area (Å²) in [6.45, 7) is 1.20. The van der Waals surface area contributed by atoms with Crippen molar-refractivity contribution in [2.24, 2.45) is 0 Å². The van der Waals surface area contributed by atoms with E-state index in [0.29, 0.717) is 5.69 Å². The first-order chi connectivity index (χ1) is 11.5. The summed E-state index contributed by atoms with van der Waals surface area (Å²) in [4.78, 5) is 23.8. The number of esters is 1. The topological polar surface area (TPSA) is 102 Å². The molecule has 0 fully saturated rings. The number of benzene rings is 2. The summed E-state index contributed by atoms with van der Waals surface area (Å²) in [7, 11) is 0. The molecule has 0 atom stereocenters. The van der Waals surface area contributed by atoms with E-state index in [0.717, 1.165) is 10.8 Å². The monoisotopic (exact) mass is 326 g/mol. The number of nitrogens with zero attached hydrogens (tertiary/aromatic N) is 1. The van der Waals surface area contributed by atoms with E-state index in [1.165, 1.54) is 18.2 Å². The van der Waals surface area contributed by atoms with Crippen LogP contribution < -0.4 is 5.32 Å². The van der Waals surface area contributed by atoms with Crippen LogP contribution in [-0.4, -0.2) is 28.7 Å². The molecule has 0 saturated heterocycles. The Morgan fingerprint density at radius 1 is 1.21 bits per heavy atom. The second-order valence-electron chi connectivity index (χ2n) is 5.17. The van der Waals surface area contributed by atoms with Gasteiger partial charge in [0, 0.05) is 6.07 Å². The molecule has 122 valence electrons. The van der Waals surface area contributed by atoms with Crippen LogP contribution in [0.5, 0.6) is 5.75 Å². The van der Waals surface area contributed by atoms with Crippen molar-refractivity contribution in [2.75, 3.05) is 11.9 Å². The number of anilines is 1. The van der Waals surface area contributed by atoms with Gasteiger partial charge in [0.2, 0.25) is 5.88 Å². The first kappa shape index (κ1) is 15.5. The van der Waals surface area contributed by atoms with Gasteiger partial charge >= 0.3 is 5.97 Å². The summed E-state index contributed by atoms with van der Waals surface area (Å²) in [6.07, 6.45) is 0. The highest BCUT2D eigenvalue weighted by atomic mass is 16.5. The number of aromatic nitrogens is 1. The molecule has 0 aliphatic carbocycles. The van der Waals surface area contributed by atoms with Gasteiger partial charge < -0.3 is 14.4 Å². The minimum Gasteiger partial charge on any atom is -0.507 e. The Bertz CT molecular complexity index is 916. The highest BCUT2D eigenvalue weighted by Crippen LogP contribution is 2.25. The number of ether oxygens (including phenoxy) is 1. The van der Waals surface area contributed by atoms with Crippen LogP contribution in [0.15, 0.2) is 47.0 Å². The number of carbonyl (C=O) groups excluding carboxylic acids is 2. The first-order valence-electron chi connectivity index (χ1n) is 7.15. The molecule has 24 heavy (non-hydrogen) atoms. The van der Waals surface area contributed by atoms with Gasteiger partial charge in [0.25, 0.3) is 5.91 Å². The number of hydrogen-bond donors (Lipinski definition) is 2. The largest absolute Gasteiger partial charge is 0.507 e. The van der Waals surface area contributed by atoms with Gasteiger partial charge in [-0.05, 0) is 29.8 Å². The van der Waals surface area contributed by atoms with Crippen LogP contribution in [0.2, 0.25) is 0 Å². The number of aryl methyl sites for hydroxylation is 1. The maximum absolute atomic E-state index is 12.1. The molecule has 0 aliphatic rings. The first-order valence-corrected chi connectivity index (χ1v) is 7.15. The van der Waals surface area contributed by atoms with Gasteiger partial charge in [-0.3, -0.25) is 10.1 Å². The number of hydrogen-bond acceptors (Lipinski definition) is 6. The molecule has 7 nitrogen and oxygen atoms in total. The van der Waals surface area contributed by atoms with Crippen LogP contribution in [0.1, 0.15) is 16.1 Å². The van der Waals surface area contributed by atoms with Crippen LogP contribution in [0.25, 0.3) is 10.8 Å². The molecule has 0 radical (unpaired) electrons. The Balaban J connectivity index is 1.66. The summed E-state index contributed by atoms with van der Waals surface area (Å²) in [6, 6.07) is 11.8. The fourth-order valence-electron chi connectivity index (χ4n) is 2.20. The molecule has 0 bridgehead atoms. The van der Waals surface area contributed by atoms with Crippen molar-refractivity contribution in [1.82, 2.24) is 5.16 Å². The van der Waals surface area contributed by atoms with E-state index in [-0.39, 0.29) is 17.2 Å². The molecule has 3 rings (SSSR count). The minimum atomic E-state index is -0.790. The van der Waals surface area contributed by atoms with Crippen LogP contribution >= 0.6 is 0 Å². The molecule has 0 aliphatic heterocycles. The highest BCUT2D eigenvalue weighted by Gasteiger charge is 2.16. The number of phenols is 1. The van der Waals surface area contributed by atoms with E-state index in [4.69, 9.17) is 9.26 Å². The lowest BCUT2D eigenvalue weighted by Gasteiger charge is -2.07. The predicted octanol–water partition coefficient (Wildman–Crippen LogP) is 2.64. The molecule has 3 aromatic rings. The lowest BCUT2D eigenvalue weighted by atomic mass is 10.1. The minimum absolute atomic E-state index is 0.00277. The maximum Gasteiger partial charge on any atom is 0.342 e. The molecule has 0 saturated carbocycles. The van der Waals surface area contributed by atoms with E-state index in [9.17, 15) is 14.7 Å². The summed E-state index contributed by atoms with van der Waals surface area (Å²) in [5.74, 6) is -1.39. The number of fused-ring (bicyclic) bond motifs is 1. The zero-order chi connectivity index (χ0) is 17.1. The predicted molar refractivity (Wildman–Crippen MR) is 85.8 cm³/mol. The zero-order valence-electron chi connectivity index (χ0n) is 12.8. The average molecular weight is 326 g/mol. The van der Waals surface area contributed by atoms with Gasteiger partial charge in [0.15, 0.2) is 6.61 Å². The summed E-state index contributed by atoms with van der Waals surface area (Å²) in [5, 5.41) is 17.6. The molecule has 1 amide bonds. The third kappa shape index (κ3) is 3.35. The lowest BCUT2D eigenvalue weighted by molar-refractivity contribution is -0.119. The number of carbonyl (C=O) groups is 2. The summed E-state index contributed by atoms with van der Waals surface area (Å²) < 4.78 is 9.76. The molecule has 0 spiro atoms. The SMILES string of the molecule is Cc1cc(NC(=O)COC(=O)c2cc3ccccc3cc2O)on1. The number of aromatic hydroxyl groups is 1. The van der Waals surface area contributed by atoms with Gasteiger partial charge in [0.1, 0.15) is 11.3 Å². The Kier molecular flexibility index (Phi) is 4.15. The molecular weight excluding hydrogens is 312 g/mol. The van der Waals surface area contributed by atoms with Crippen molar-refractivity contribution in [3.63, 3.8) is 0 Å². The van der Waals surface area contributed by atoms with Crippen LogP contribution in [0.3, 0.4) is 0 Å². The van der Waals surface area contributed by atoms with Crippen molar-refractivity contribution in [3.05, 3.63) is 53.7 Å². The number of amides is 1. The smallest absolute Gasteiger partial charge is 0.342 e. The molecule has 0 unspecified atom stereocenters. The zero-order valence-corrected chi connectivity index (χ0v) is 12.8. The Morgan fingerprint density at radius 3 is 2.58 bits per heavy atom. The van der Waals surface area contributed by atoms with Crippen LogP contribution in [-0.2, 0) is 9.53 Å². The third-order valence-corrected chi connectivity index (χ3v) is 3.31. The van der Waals surface area contributed by atoms with E-state index in [1.807, 2.05) is 24.3 Å². The van der Waals surface area contributed by atoms with E-state index in [2.05, 4.69) is 10.5 Å². The molecule has 2 N–H and O–H groups in total. The van der Waals surface area contributed by atoms with Gasteiger partial charge in [0.05, 0.1) is 5.69 Å². The van der Waals surface area contributed by atoms with Crippen molar-refractivity contribution in [3.8, 4) is 5.75 Å². The summed E-state index contributed by atoms with van der Waals surface area (Å²) in [5.41, 5.74) is 0.611. The quantitative estimate of drug-likeness (QED) is 0.715. The molecule has 1 heterocycles. The van der Waals surface area contributed by atoms with Crippen molar-refractivity contribution < 1.29 is 24.0 Å². The Labute approximate surface area is 136 Å². The fourth-order valence-corrected chi connectivity index (χ4v) is 2.20. The molecule has 2 aromatic carbocycles. The standard InChI is InChI=1S/C17H14N2O5/c1-10-6-16(24-19-10)18-15(21)9-23-17(22)13-7-11-4-2-3-5-12(11)8-14(13)20/h2-8,20H,9H2,1H3,(H,18,21). The second kappa shape index (κ2) is 6.41. The number of rotatable bonds is 4. The molecular formula is C17H14N2O5. The molecule has 7 heteroatoms. The second-order valence-corrected chi connectivity index (χ2v) is 5.17. The van der Waals surface area contributed by atoms with Crippen molar-refractivity contribution in [2.45, 2.75) is 6.92 Å². The normalized spacial score (nSPS) is 10.5. The Morgan fingerprint density at radius 2 is 1.92 bits per heavy atom. The number of phenolic OH excluding ortho intramolecular Hbond substituents is 1. The lowest BCUT2D eigenvalue weighted by Crippen LogP contribution is -2.20. The van der Waals surface area contributed by atoms with Gasteiger partial charge in [-0.25, -0.2) is 4.79 Å². The van der Waals surface area contributed by atoms with Gasteiger partial charge in [-0.2, -0.15) is 0 Å². The van der Waals surface area contributed by atoms with E-state index >= 15 is 0 Å². The Hall–Kier alpha value is -3.35. The van der Waals surface area contributed by atoms with Crippen molar-refractivity contribution >= 4 is 28.5 Å². The van der Waals surface area contributed by atoms with Crippen LogP contribution in [0.4, 0.5) is 5.88 Å². The van der Waals surface area contributed by atoms with E-state index in [1.54, 1.807) is 6.92 Å². The van der Waals surface area contributed by atoms with E-state index < -0.39 is 18.5 Å². The number of nitrogens with one attached hydrogen (secondary N) is 1. The third-order valence-electron chi connectivity index (χ3n) is 3.31. The van der Waals surface area contributed by atoms with Crippen molar-refractivity contribution in [1.29, 1.82) is 0 Å². The molecule has 1 aromatic heterocycles. The van der Waals surface area contributed by atoms with Crippen LogP contribution in [0, 0.1) is 6.92 Å².